The van der Waals surface area contributed by atoms with E-state index in [1.165, 1.54) is 14.2 Å². The van der Waals surface area contributed by atoms with Gasteiger partial charge in [0.1, 0.15) is 29.1 Å². The summed E-state index contributed by atoms with van der Waals surface area (Å²) in [5, 5.41) is 4.08. The normalized spacial score (nSPS) is 16.9. The standard InChI is InChI=1S/C20H21NO6/c1-12-7-18(17-6-5-14(23-2)11-19(17)26-12)21-27-20(22)13-8-15(24-3)10-16(9-13)25-4/h5-6,8-12H,7H2,1-4H3/b21-18+/t12-/m1/s1. The number of rotatable bonds is 5. The minimum absolute atomic E-state index is 0.0982. The van der Waals surface area contributed by atoms with Gasteiger partial charge in [0.15, 0.2) is 0 Å². The molecule has 7 heteroatoms. The Morgan fingerprint density at radius 3 is 2.30 bits per heavy atom. The number of carbonyl (C=O) groups excluding carboxylic acids is 1. The van der Waals surface area contributed by atoms with Crippen LogP contribution in [0.5, 0.6) is 23.0 Å². The first-order valence-electron chi connectivity index (χ1n) is 8.40. The number of hydrogen-bond acceptors (Lipinski definition) is 7. The lowest BCUT2D eigenvalue weighted by Gasteiger charge is -2.24. The Morgan fingerprint density at radius 1 is 1.00 bits per heavy atom. The van der Waals surface area contributed by atoms with Crippen LogP contribution in [-0.4, -0.2) is 39.1 Å². The molecule has 0 bridgehead atoms. The van der Waals surface area contributed by atoms with Crippen LogP contribution in [0.4, 0.5) is 0 Å². The van der Waals surface area contributed by atoms with Gasteiger partial charge in [-0.05, 0) is 31.2 Å². The van der Waals surface area contributed by atoms with Crippen LogP contribution in [-0.2, 0) is 4.84 Å². The fourth-order valence-electron chi connectivity index (χ4n) is 2.77. The zero-order valence-corrected chi connectivity index (χ0v) is 15.6. The molecular formula is C20H21NO6. The number of hydrogen-bond donors (Lipinski definition) is 0. The summed E-state index contributed by atoms with van der Waals surface area (Å²) in [5.41, 5.74) is 1.69. The van der Waals surface area contributed by atoms with E-state index >= 15 is 0 Å². The van der Waals surface area contributed by atoms with Crippen LogP contribution in [0.2, 0.25) is 0 Å². The van der Waals surface area contributed by atoms with Crippen molar-refractivity contribution < 1.29 is 28.6 Å². The van der Waals surface area contributed by atoms with Gasteiger partial charge in [0.25, 0.3) is 0 Å². The Morgan fingerprint density at radius 2 is 1.67 bits per heavy atom. The molecule has 0 radical (unpaired) electrons. The van der Waals surface area contributed by atoms with Gasteiger partial charge in [0.2, 0.25) is 0 Å². The lowest BCUT2D eigenvalue weighted by Crippen LogP contribution is -2.25. The summed E-state index contributed by atoms with van der Waals surface area (Å²) in [6.07, 6.45) is 0.424. The zero-order valence-electron chi connectivity index (χ0n) is 15.6. The number of ether oxygens (including phenoxy) is 4. The molecule has 27 heavy (non-hydrogen) atoms. The van der Waals surface area contributed by atoms with E-state index in [2.05, 4.69) is 5.16 Å². The SMILES string of the molecule is COc1cc(OC)cc(C(=O)O/N=C2\C[C@@H](C)Oc3cc(OC)ccc32)c1. The first-order valence-corrected chi connectivity index (χ1v) is 8.40. The van der Waals surface area contributed by atoms with Gasteiger partial charge in [-0.2, -0.15) is 0 Å². The molecule has 2 aromatic rings. The maximum absolute atomic E-state index is 12.4. The molecule has 1 aliphatic heterocycles. The van der Waals surface area contributed by atoms with E-state index in [0.717, 1.165) is 5.56 Å². The second-order valence-corrected chi connectivity index (χ2v) is 6.01. The average molecular weight is 371 g/mol. The van der Waals surface area contributed by atoms with Gasteiger partial charge in [-0.3, -0.25) is 0 Å². The molecule has 2 aromatic carbocycles. The van der Waals surface area contributed by atoms with Crippen molar-refractivity contribution in [1.82, 2.24) is 0 Å². The predicted octanol–water partition coefficient (Wildman–Crippen LogP) is 3.44. The van der Waals surface area contributed by atoms with Crippen molar-refractivity contribution in [2.45, 2.75) is 19.4 Å². The van der Waals surface area contributed by atoms with Crippen molar-refractivity contribution in [2.24, 2.45) is 5.16 Å². The molecule has 142 valence electrons. The molecule has 0 unspecified atom stereocenters. The van der Waals surface area contributed by atoms with Gasteiger partial charge in [-0.25, -0.2) is 4.79 Å². The summed E-state index contributed by atoms with van der Waals surface area (Å²) in [5.74, 6) is 1.71. The summed E-state index contributed by atoms with van der Waals surface area (Å²) in [7, 11) is 4.62. The highest BCUT2D eigenvalue weighted by Gasteiger charge is 2.24. The van der Waals surface area contributed by atoms with E-state index in [9.17, 15) is 4.79 Å². The van der Waals surface area contributed by atoms with Crippen LogP contribution in [0.15, 0.2) is 41.6 Å². The van der Waals surface area contributed by atoms with Gasteiger partial charge in [-0.1, -0.05) is 5.16 Å². The van der Waals surface area contributed by atoms with Crippen LogP contribution in [0, 0.1) is 0 Å². The summed E-state index contributed by atoms with van der Waals surface area (Å²) in [6, 6.07) is 10.2. The second-order valence-electron chi connectivity index (χ2n) is 6.01. The molecule has 0 spiro atoms. The maximum atomic E-state index is 12.4. The molecule has 0 fully saturated rings. The van der Waals surface area contributed by atoms with E-state index in [1.54, 1.807) is 31.4 Å². The molecule has 0 aliphatic carbocycles. The Labute approximate surface area is 157 Å². The lowest BCUT2D eigenvalue weighted by molar-refractivity contribution is 0.0512. The Kier molecular flexibility index (Phi) is 5.49. The van der Waals surface area contributed by atoms with Crippen LogP contribution < -0.4 is 18.9 Å². The molecule has 0 aromatic heterocycles. The van der Waals surface area contributed by atoms with Crippen molar-refractivity contribution in [3.63, 3.8) is 0 Å². The highest BCUT2D eigenvalue weighted by atomic mass is 16.7. The van der Waals surface area contributed by atoms with Gasteiger partial charge in [0.05, 0.1) is 32.6 Å². The maximum Gasteiger partial charge on any atom is 0.366 e. The van der Waals surface area contributed by atoms with Crippen molar-refractivity contribution in [3.05, 3.63) is 47.5 Å². The summed E-state index contributed by atoms with van der Waals surface area (Å²) in [4.78, 5) is 17.6. The molecule has 0 saturated carbocycles. The van der Waals surface area contributed by atoms with Crippen LogP contribution in [0.25, 0.3) is 0 Å². The van der Waals surface area contributed by atoms with Gasteiger partial charge in [0, 0.05) is 24.1 Å². The highest BCUT2D eigenvalue weighted by molar-refractivity contribution is 6.04. The van der Waals surface area contributed by atoms with Crippen molar-refractivity contribution in [3.8, 4) is 23.0 Å². The Bertz CT molecular complexity index is 855. The number of carbonyl (C=O) groups is 1. The summed E-state index contributed by atoms with van der Waals surface area (Å²) >= 11 is 0. The Balaban J connectivity index is 1.85. The van der Waals surface area contributed by atoms with Crippen molar-refractivity contribution >= 4 is 11.7 Å². The molecular weight excluding hydrogens is 350 g/mol. The van der Waals surface area contributed by atoms with Crippen LogP contribution in [0.1, 0.15) is 29.3 Å². The minimum atomic E-state index is -0.603. The topological polar surface area (TPSA) is 75.6 Å². The first-order chi connectivity index (χ1) is 13.0. The molecule has 3 rings (SSSR count). The van der Waals surface area contributed by atoms with E-state index in [-0.39, 0.29) is 11.7 Å². The number of oxime groups is 1. The van der Waals surface area contributed by atoms with Gasteiger partial charge >= 0.3 is 5.97 Å². The molecule has 0 N–H and O–H groups in total. The van der Waals surface area contributed by atoms with Gasteiger partial charge < -0.3 is 23.8 Å². The second kappa shape index (κ2) is 7.99. The average Bonchev–Trinajstić information content (AvgIpc) is 2.70. The van der Waals surface area contributed by atoms with Crippen molar-refractivity contribution in [2.75, 3.05) is 21.3 Å². The number of benzene rings is 2. The van der Waals surface area contributed by atoms with Gasteiger partial charge in [-0.15, -0.1) is 0 Å². The monoisotopic (exact) mass is 371 g/mol. The van der Waals surface area contributed by atoms with E-state index in [0.29, 0.717) is 35.1 Å². The molecule has 0 saturated heterocycles. The van der Waals surface area contributed by atoms with Crippen molar-refractivity contribution in [1.29, 1.82) is 0 Å². The van der Waals surface area contributed by atoms with E-state index in [1.807, 2.05) is 19.1 Å². The number of methoxy groups -OCH3 is 3. The molecule has 0 amide bonds. The molecule has 1 atom stereocenters. The third kappa shape index (κ3) is 4.13. The Hall–Kier alpha value is -3.22. The van der Waals surface area contributed by atoms with E-state index in [4.69, 9.17) is 23.8 Å². The third-order valence-electron chi connectivity index (χ3n) is 4.13. The summed E-state index contributed by atoms with van der Waals surface area (Å²) < 4.78 is 21.4. The fourth-order valence-corrected chi connectivity index (χ4v) is 2.77. The number of nitrogens with zero attached hydrogens (tertiary/aromatic N) is 1. The molecule has 1 aliphatic rings. The fraction of sp³-hybridized carbons (Fsp3) is 0.300. The van der Waals surface area contributed by atoms with E-state index < -0.39 is 5.97 Å². The largest absolute Gasteiger partial charge is 0.497 e. The molecule has 7 nitrogen and oxygen atoms in total. The third-order valence-corrected chi connectivity index (χ3v) is 4.13. The van der Waals surface area contributed by atoms with Crippen LogP contribution in [0.3, 0.4) is 0 Å². The lowest BCUT2D eigenvalue weighted by atomic mass is 10.0. The number of fused-ring (bicyclic) bond motifs is 1. The summed E-state index contributed by atoms with van der Waals surface area (Å²) in [6.45, 7) is 1.92. The predicted molar refractivity (Wildman–Crippen MR) is 99.2 cm³/mol. The zero-order chi connectivity index (χ0) is 19.4. The minimum Gasteiger partial charge on any atom is -0.497 e. The highest BCUT2D eigenvalue weighted by Crippen LogP contribution is 2.32. The quantitative estimate of drug-likeness (QED) is 0.592. The van der Waals surface area contributed by atoms with Crippen LogP contribution >= 0.6 is 0 Å². The first kappa shape index (κ1) is 18.6. The smallest absolute Gasteiger partial charge is 0.366 e. The molecule has 1 heterocycles.